The summed E-state index contributed by atoms with van der Waals surface area (Å²) in [5.74, 6) is 0.213. The fraction of sp³-hybridized carbons (Fsp3) is 0.105. The van der Waals surface area contributed by atoms with Crippen LogP contribution in [0.25, 0.3) is 0 Å². The monoisotopic (exact) mass is 418 g/mol. The molecule has 0 radical (unpaired) electrons. The van der Waals surface area contributed by atoms with E-state index in [0.29, 0.717) is 32.2 Å². The van der Waals surface area contributed by atoms with Crippen molar-refractivity contribution >= 4 is 40.8 Å². The smallest absolute Gasteiger partial charge is 0.190 e. The molecule has 0 aliphatic heterocycles. The Bertz CT molecular complexity index is 1040. The normalized spacial score (nSPS) is 10.6. The first-order valence-corrected chi connectivity index (χ1v) is 9.58. The topological polar surface area (TPSA) is 75.6 Å². The molecule has 8 heteroatoms. The fourth-order valence-electron chi connectivity index (χ4n) is 2.42. The molecule has 0 unspecified atom stereocenters. The lowest BCUT2D eigenvalue weighted by Crippen LogP contribution is -2.06. The molecule has 3 rings (SSSR count). The molecular formula is C19H13Cl2FN4S. The van der Waals surface area contributed by atoms with E-state index >= 15 is 0 Å². The van der Waals surface area contributed by atoms with Crippen molar-refractivity contribution in [2.24, 2.45) is 0 Å². The van der Waals surface area contributed by atoms with Gasteiger partial charge in [-0.25, -0.2) is 14.4 Å². The van der Waals surface area contributed by atoms with Crippen molar-refractivity contribution in [1.29, 1.82) is 5.26 Å². The number of nitrogens with two attached hydrogens (primary N) is 1. The van der Waals surface area contributed by atoms with Crippen molar-refractivity contribution in [3.63, 3.8) is 0 Å². The summed E-state index contributed by atoms with van der Waals surface area (Å²) in [5, 5.41) is 10.9. The van der Waals surface area contributed by atoms with E-state index in [1.807, 2.05) is 12.1 Å². The van der Waals surface area contributed by atoms with Crippen LogP contribution in [0.1, 0.15) is 22.4 Å². The Balaban J connectivity index is 1.87. The molecule has 4 nitrogen and oxygen atoms in total. The number of halogens is 3. The van der Waals surface area contributed by atoms with Crippen molar-refractivity contribution in [2.45, 2.75) is 17.3 Å². The second-order valence-corrected chi connectivity index (χ2v) is 7.40. The van der Waals surface area contributed by atoms with Crippen molar-refractivity contribution in [2.75, 3.05) is 5.73 Å². The molecule has 0 aliphatic rings. The van der Waals surface area contributed by atoms with Gasteiger partial charge in [-0.1, -0.05) is 59.2 Å². The number of benzene rings is 2. The largest absolute Gasteiger partial charge is 0.382 e. The van der Waals surface area contributed by atoms with Crippen LogP contribution in [0.2, 0.25) is 10.0 Å². The van der Waals surface area contributed by atoms with Gasteiger partial charge < -0.3 is 5.73 Å². The summed E-state index contributed by atoms with van der Waals surface area (Å²) in [5.41, 5.74) is 7.77. The van der Waals surface area contributed by atoms with Gasteiger partial charge in [-0.05, 0) is 29.3 Å². The van der Waals surface area contributed by atoms with E-state index in [2.05, 4.69) is 9.97 Å². The predicted molar refractivity (Wildman–Crippen MR) is 106 cm³/mol. The van der Waals surface area contributed by atoms with E-state index < -0.39 is 0 Å². The van der Waals surface area contributed by atoms with E-state index in [9.17, 15) is 9.65 Å². The lowest BCUT2D eigenvalue weighted by molar-refractivity contribution is 0.612. The Hall–Kier alpha value is -2.33. The van der Waals surface area contributed by atoms with Crippen LogP contribution in [-0.2, 0) is 12.2 Å². The Morgan fingerprint density at radius 1 is 1.11 bits per heavy atom. The van der Waals surface area contributed by atoms with Gasteiger partial charge in [0.15, 0.2) is 5.16 Å². The molecule has 27 heavy (non-hydrogen) atoms. The van der Waals surface area contributed by atoms with Gasteiger partial charge in [-0.3, -0.25) is 0 Å². The zero-order valence-electron chi connectivity index (χ0n) is 13.9. The molecule has 136 valence electrons. The van der Waals surface area contributed by atoms with Crippen LogP contribution >= 0.6 is 35.0 Å². The second-order valence-electron chi connectivity index (χ2n) is 5.62. The van der Waals surface area contributed by atoms with Gasteiger partial charge in [0.05, 0.1) is 5.69 Å². The van der Waals surface area contributed by atoms with Crippen LogP contribution in [0.5, 0.6) is 0 Å². The molecule has 3 aromatic rings. The molecule has 2 N–H and O–H groups in total. The van der Waals surface area contributed by atoms with E-state index in [0.717, 1.165) is 5.56 Å². The summed E-state index contributed by atoms with van der Waals surface area (Å²) in [4.78, 5) is 8.59. The summed E-state index contributed by atoms with van der Waals surface area (Å²) in [6.07, 6.45) is 0.150. The summed E-state index contributed by atoms with van der Waals surface area (Å²) in [6, 6.07) is 13.6. The number of hydrogen-bond donors (Lipinski definition) is 1. The maximum atomic E-state index is 14.0. The van der Waals surface area contributed by atoms with Crippen molar-refractivity contribution in [3.05, 3.63) is 80.7 Å². The third kappa shape index (κ3) is 4.69. The number of hydrogen-bond acceptors (Lipinski definition) is 5. The molecule has 1 aromatic heterocycles. The minimum absolute atomic E-state index is 0.0727. The summed E-state index contributed by atoms with van der Waals surface area (Å²) < 4.78 is 14.0. The molecule has 0 saturated carbocycles. The highest BCUT2D eigenvalue weighted by atomic mass is 35.5. The van der Waals surface area contributed by atoms with Crippen molar-refractivity contribution in [3.8, 4) is 6.07 Å². The van der Waals surface area contributed by atoms with Crippen molar-refractivity contribution < 1.29 is 4.39 Å². The highest BCUT2D eigenvalue weighted by molar-refractivity contribution is 7.98. The van der Waals surface area contributed by atoms with Crippen LogP contribution in [0.3, 0.4) is 0 Å². The van der Waals surface area contributed by atoms with Crippen LogP contribution in [0, 0.1) is 17.1 Å². The minimum atomic E-state index is -0.360. The average Bonchev–Trinajstić information content (AvgIpc) is 2.63. The molecule has 0 bridgehead atoms. The zero-order valence-corrected chi connectivity index (χ0v) is 16.2. The molecule has 0 spiro atoms. The predicted octanol–water partition coefficient (Wildman–Crippen LogP) is 5.26. The highest BCUT2D eigenvalue weighted by Gasteiger charge is 2.15. The number of anilines is 1. The Kier molecular flexibility index (Phi) is 6.17. The maximum absolute atomic E-state index is 14.0. The number of rotatable bonds is 5. The first-order valence-electron chi connectivity index (χ1n) is 7.84. The molecule has 1 heterocycles. The number of nitriles is 1. The molecular weight excluding hydrogens is 406 g/mol. The second kappa shape index (κ2) is 8.57. The minimum Gasteiger partial charge on any atom is -0.382 e. The number of nitrogen functional groups attached to an aromatic ring is 1. The third-order valence-corrected chi connectivity index (χ3v) is 5.27. The Morgan fingerprint density at radius 3 is 2.59 bits per heavy atom. The van der Waals surface area contributed by atoms with Gasteiger partial charge in [-0.2, -0.15) is 5.26 Å². The first kappa shape index (κ1) is 19.4. The van der Waals surface area contributed by atoms with Gasteiger partial charge in [-0.15, -0.1) is 0 Å². The van der Waals surface area contributed by atoms with Gasteiger partial charge in [0, 0.05) is 22.2 Å². The quantitative estimate of drug-likeness (QED) is 0.451. The van der Waals surface area contributed by atoms with Crippen LogP contribution < -0.4 is 5.73 Å². The van der Waals surface area contributed by atoms with E-state index in [1.165, 1.54) is 17.8 Å². The third-order valence-electron chi connectivity index (χ3n) is 3.79. The Labute approximate surface area is 170 Å². The molecule has 2 aromatic carbocycles. The Morgan fingerprint density at radius 2 is 1.89 bits per heavy atom. The highest BCUT2D eigenvalue weighted by Crippen LogP contribution is 2.29. The lowest BCUT2D eigenvalue weighted by Gasteiger charge is -2.10. The van der Waals surface area contributed by atoms with E-state index in [4.69, 9.17) is 28.9 Å². The van der Waals surface area contributed by atoms with E-state index in [1.54, 1.807) is 30.3 Å². The van der Waals surface area contributed by atoms with Gasteiger partial charge >= 0.3 is 0 Å². The van der Waals surface area contributed by atoms with Gasteiger partial charge in [0.2, 0.25) is 0 Å². The standard InChI is InChI=1S/C19H13Cl2FN4S/c20-13-6-5-12(15(21)8-13)10-27-19-25-17(14(9-23)18(24)26-19)7-11-3-1-2-4-16(11)22/h1-6,8H,7,10H2,(H2,24,25,26). The summed E-state index contributed by atoms with van der Waals surface area (Å²) >= 11 is 13.4. The van der Waals surface area contributed by atoms with Crippen LogP contribution in [0.4, 0.5) is 10.2 Å². The zero-order chi connectivity index (χ0) is 19.4. The maximum Gasteiger partial charge on any atom is 0.190 e. The van der Waals surface area contributed by atoms with Crippen LogP contribution in [-0.4, -0.2) is 9.97 Å². The SMILES string of the molecule is N#Cc1c(N)nc(SCc2ccc(Cl)cc2Cl)nc1Cc1ccccc1F. The lowest BCUT2D eigenvalue weighted by atomic mass is 10.1. The van der Waals surface area contributed by atoms with Crippen molar-refractivity contribution in [1.82, 2.24) is 9.97 Å². The van der Waals surface area contributed by atoms with Gasteiger partial charge in [0.1, 0.15) is 23.3 Å². The summed E-state index contributed by atoms with van der Waals surface area (Å²) in [7, 11) is 0. The fourth-order valence-corrected chi connectivity index (χ4v) is 3.85. The number of thioether (sulfide) groups is 1. The molecule has 0 amide bonds. The molecule has 0 saturated heterocycles. The molecule has 0 aliphatic carbocycles. The number of aromatic nitrogens is 2. The average molecular weight is 419 g/mol. The molecule has 0 atom stereocenters. The van der Waals surface area contributed by atoms with Gasteiger partial charge in [0.25, 0.3) is 0 Å². The number of nitrogens with zero attached hydrogens (tertiary/aromatic N) is 3. The first-order chi connectivity index (χ1) is 13.0. The molecule has 0 fully saturated rings. The summed E-state index contributed by atoms with van der Waals surface area (Å²) in [6.45, 7) is 0. The van der Waals surface area contributed by atoms with Crippen LogP contribution in [0.15, 0.2) is 47.6 Å². The van der Waals surface area contributed by atoms with E-state index in [-0.39, 0.29) is 23.6 Å².